The number of anilines is 1. The van der Waals surface area contributed by atoms with Crippen molar-refractivity contribution in [3.8, 4) is 0 Å². The van der Waals surface area contributed by atoms with Gasteiger partial charge in [-0.3, -0.25) is 0 Å². The summed E-state index contributed by atoms with van der Waals surface area (Å²) in [5, 5.41) is 0. The van der Waals surface area contributed by atoms with Gasteiger partial charge in [-0.25, -0.2) is 4.99 Å². The van der Waals surface area contributed by atoms with E-state index in [0.29, 0.717) is 0 Å². The van der Waals surface area contributed by atoms with Crippen LogP contribution in [0.25, 0.3) is 0 Å². The van der Waals surface area contributed by atoms with E-state index in [9.17, 15) is 0 Å². The van der Waals surface area contributed by atoms with Crippen molar-refractivity contribution in [2.45, 2.75) is 0 Å². The van der Waals surface area contributed by atoms with Crippen LogP contribution in [0.3, 0.4) is 0 Å². The molecular formula is C20H18N2. The van der Waals surface area contributed by atoms with Crippen LogP contribution in [0.1, 0.15) is 5.56 Å². The summed E-state index contributed by atoms with van der Waals surface area (Å²) in [7, 11) is 2.05. The number of rotatable bonds is 3. The minimum absolute atomic E-state index is 0.929. The van der Waals surface area contributed by atoms with E-state index in [-0.39, 0.29) is 0 Å². The summed E-state index contributed by atoms with van der Waals surface area (Å²) in [4.78, 5) is 6.96. The lowest BCUT2D eigenvalue weighted by molar-refractivity contribution is 1.24. The lowest BCUT2D eigenvalue weighted by Gasteiger charge is -2.22. The molecule has 0 aromatic heterocycles. The summed E-state index contributed by atoms with van der Waals surface area (Å²) in [6.45, 7) is 0. The predicted octanol–water partition coefficient (Wildman–Crippen LogP) is 4.90. The molecule has 2 nitrogen and oxygen atoms in total. The fraction of sp³-hybridized carbons (Fsp3) is 0.0500. The molecule has 22 heavy (non-hydrogen) atoms. The van der Waals surface area contributed by atoms with Gasteiger partial charge in [-0.15, -0.1) is 0 Å². The molecular weight excluding hydrogens is 268 g/mol. The largest absolute Gasteiger partial charge is 0.329 e. The standard InChI is InChI=1S/C20H18N2/c1-22(19-15-9-4-10-16-19)20(17-11-5-2-6-12-17)21-18-13-7-3-8-14-18/h2-16H,1H3. The van der Waals surface area contributed by atoms with E-state index in [1.54, 1.807) is 0 Å². The van der Waals surface area contributed by atoms with Crippen LogP contribution in [0.4, 0.5) is 11.4 Å². The highest BCUT2D eigenvalue weighted by molar-refractivity contribution is 6.10. The quantitative estimate of drug-likeness (QED) is 0.494. The molecule has 3 rings (SSSR count). The molecule has 0 fully saturated rings. The number of hydrogen-bond donors (Lipinski definition) is 0. The first-order valence-corrected chi connectivity index (χ1v) is 7.32. The summed E-state index contributed by atoms with van der Waals surface area (Å²) in [5.74, 6) is 0.929. The van der Waals surface area contributed by atoms with Crippen LogP contribution in [-0.2, 0) is 0 Å². The van der Waals surface area contributed by atoms with Crippen molar-refractivity contribution < 1.29 is 0 Å². The van der Waals surface area contributed by atoms with Crippen LogP contribution in [0.5, 0.6) is 0 Å². The molecule has 0 atom stereocenters. The van der Waals surface area contributed by atoms with Gasteiger partial charge in [0, 0.05) is 18.3 Å². The third-order valence-electron chi connectivity index (χ3n) is 3.48. The minimum Gasteiger partial charge on any atom is -0.329 e. The first kappa shape index (κ1) is 14.1. The highest BCUT2D eigenvalue weighted by Crippen LogP contribution is 2.19. The van der Waals surface area contributed by atoms with Crippen LogP contribution in [-0.4, -0.2) is 12.9 Å². The van der Waals surface area contributed by atoms with Crippen molar-refractivity contribution in [1.29, 1.82) is 0 Å². The van der Waals surface area contributed by atoms with Crippen LogP contribution < -0.4 is 4.90 Å². The molecule has 0 aliphatic heterocycles. The second-order valence-corrected chi connectivity index (χ2v) is 5.03. The fourth-order valence-electron chi connectivity index (χ4n) is 2.32. The minimum atomic E-state index is 0.929. The molecule has 3 aromatic carbocycles. The third kappa shape index (κ3) is 3.23. The molecule has 0 saturated heterocycles. The van der Waals surface area contributed by atoms with Crippen LogP contribution >= 0.6 is 0 Å². The SMILES string of the molecule is CN(C(=Nc1ccccc1)c1ccccc1)c1ccccc1. The summed E-state index contributed by atoms with van der Waals surface area (Å²) in [5.41, 5.74) is 3.16. The first-order chi connectivity index (χ1) is 10.8. The number of para-hydroxylation sites is 2. The fourth-order valence-corrected chi connectivity index (χ4v) is 2.32. The zero-order valence-electron chi connectivity index (χ0n) is 12.6. The molecule has 0 bridgehead atoms. The smallest absolute Gasteiger partial charge is 0.140 e. The topological polar surface area (TPSA) is 15.6 Å². The van der Waals surface area contributed by atoms with Crippen LogP contribution in [0, 0.1) is 0 Å². The van der Waals surface area contributed by atoms with Gasteiger partial charge in [-0.2, -0.15) is 0 Å². The zero-order valence-corrected chi connectivity index (χ0v) is 12.6. The molecule has 0 aliphatic rings. The number of amidine groups is 1. The lowest BCUT2D eigenvalue weighted by atomic mass is 10.1. The van der Waals surface area contributed by atoms with Gasteiger partial charge >= 0.3 is 0 Å². The molecule has 0 unspecified atom stereocenters. The van der Waals surface area contributed by atoms with Gasteiger partial charge in [-0.05, 0) is 24.3 Å². The van der Waals surface area contributed by atoms with E-state index in [4.69, 9.17) is 4.99 Å². The Hall–Kier alpha value is -2.87. The number of hydrogen-bond acceptors (Lipinski definition) is 1. The van der Waals surface area contributed by atoms with Gasteiger partial charge in [-0.1, -0.05) is 66.7 Å². The normalized spacial score (nSPS) is 11.2. The molecule has 0 amide bonds. The van der Waals surface area contributed by atoms with Gasteiger partial charge in [0.2, 0.25) is 0 Å². The van der Waals surface area contributed by atoms with Crippen molar-refractivity contribution in [2.24, 2.45) is 4.99 Å². The molecule has 0 N–H and O–H groups in total. The zero-order chi connectivity index (χ0) is 15.2. The summed E-state index contributed by atoms with van der Waals surface area (Å²) in [6, 6.07) is 30.6. The van der Waals surface area contributed by atoms with Crippen LogP contribution in [0.2, 0.25) is 0 Å². The Morgan fingerprint density at radius 3 is 1.77 bits per heavy atom. The first-order valence-electron chi connectivity index (χ1n) is 7.32. The lowest BCUT2D eigenvalue weighted by Crippen LogP contribution is -2.27. The molecule has 0 spiro atoms. The maximum absolute atomic E-state index is 4.85. The molecule has 0 radical (unpaired) electrons. The number of aliphatic imine (C=N–C) groups is 1. The Labute approximate surface area is 131 Å². The van der Waals surface area contributed by atoms with Gasteiger partial charge in [0.25, 0.3) is 0 Å². The van der Waals surface area contributed by atoms with Gasteiger partial charge in [0.05, 0.1) is 5.69 Å². The van der Waals surface area contributed by atoms with E-state index < -0.39 is 0 Å². The van der Waals surface area contributed by atoms with Gasteiger partial charge in [0.15, 0.2) is 0 Å². The Balaban J connectivity index is 2.06. The molecule has 0 saturated carbocycles. The Bertz CT molecular complexity index is 734. The molecule has 0 aliphatic carbocycles. The van der Waals surface area contributed by atoms with Gasteiger partial charge in [0.1, 0.15) is 5.84 Å². The predicted molar refractivity (Wildman–Crippen MR) is 93.9 cm³/mol. The summed E-state index contributed by atoms with van der Waals surface area (Å²) in [6.07, 6.45) is 0. The van der Waals surface area contributed by atoms with Crippen LogP contribution in [0.15, 0.2) is 96.0 Å². The van der Waals surface area contributed by atoms with E-state index in [2.05, 4.69) is 29.2 Å². The second kappa shape index (κ2) is 6.72. The summed E-state index contributed by atoms with van der Waals surface area (Å²) >= 11 is 0. The van der Waals surface area contributed by atoms with Crippen molar-refractivity contribution >= 4 is 17.2 Å². The Kier molecular flexibility index (Phi) is 4.30. The molecule has 3 aromatic rings. The van der Waals surface area contributed by atoms with Crippen molar-refractivity contribution in [1.82, 2.24) is 0 Å². The van der Waals surface area contributed by atoms with Crippen molar-refractivity contribution in [3.05, 3.63) is 96.6 Å². The van der Waals surface area contributed by atoms with Gasteiger partial charge < -0.3 is 4.90 Å². The third-order valence-corrected chi connectivity index (χ3v) is 3.48. The average Bonchev–Trinajstić information content (AvgIpc) is 2.61. The summed E-state index contributed by atoms with van der Waals surface area (Å²) < 4.78 is 0. The Morgan fingerprint density at radius 1 is 0.682 bits per heavy atom. The average molecular weight is 286 g/mol. The van der Waals surface area contributed by atoms with E-state index in [0.717, 1.165) is 22.8 Å². The molecule has 108 valence electrons. The van der Waals surface area contributed by atoms with E-state index in [1.165, 1.54) is 0 Å². The number of benzene rings is 3. The Morgan fingerprint density at radius 2 is 1.18 bits per heavy atom. The molecule has 2 heteroatoms. The van der Waals surface area contributed by atoms with Crippen molar-refractivity contribution in [2.75, 3.05) is 11.9 Å². The van der Waals surface area contributed by atoms with E-state index >= 15 is 0 Å². The van der Waals surface area contributed by atoms with Crippen molar-refractivity contribution in [3.63, 3.8) is 0 Å². The highest BCUT2D eigenvalue weighted by atomic mass is 15.2. The monoisotopic (exact) mass is 286 g/mol. The van der Waals surface area contributed by atoms with E-state index in [1.807, 2.05) is 73.8 Å². The highest BCUT2D eigenvalue weighted by Gasteiger charge is 2.11. The molecule has 0 heterocycles. The maximum Gasteiger partial charge on any atom is 0.140 e. The number of nitrogens with zero attached hydrogens (tertiary/aromatic N) is 2. The second-order valence-electron chi connectivity index (χ2n) is 5.03. The maximum atomic E-state index is 4.85.